The number of aliphatic imine (C=N–C) groups is 1. The molecule has 2 rings (SSSR count). The highest BCUT2D eigenvalue weighted by atomic mass is 127. The van der Waals surface area contributed by atoms with Gasteiger partial charge in [-0.25, -0.2) is 0 Å². The van der Waals surface area contributed by atoms with E-state index in [9.17, 15) is 4.79 Å². The van der Waals surface area contributed by atoms with Crippen LogP contribution in [0.5, 0.6) is 0 Å². The van der Waals surface area contributed by atoms with Crippen molar-refractivity contribution in [1.29, 1.82) is 0 Å². The number of amides is 1. The van der Waals surface area contributed by atoms with Crippen LogP contribution >= 0.6 is 35.6 Å². The number of nitrogens with zero attached hydrogens (tertiary/aromatic N) is 1. The van der Waals surface area contributed by atoms with Crippen molar-refractivity contribution in [3.8, 4) is 0 Å². The van der Waals surface area contributed by atoms with Gasteiger partial charge in [0.05, 0.1) is 6.10 Å². The minimum Gasteiger partial charge on any atom is -0.377 e. The Morgan fingerprint density at radius 2 is 2.03 bits per heavy atom. The van der Waals surface area contributed by atoms with Gasteiger partial charge in [0.15, 0.2) is 5.96 Å². The molecule has 0 saturated carbocycles. The lowest BCUT2D eigenvalue weighted by Crippen LogP contribution is -2.47. The Morgan fingerprint density at radius 1 is 1.30 bits per heavy atom. The van der Waals surface area contributed by atoms with Crippen LogP contribution in [0.2, 0.25) is 5.02 Å². The molecule has 8 heteroatoms. The van der Waals surface area contributed by atoms with E-state index in [1.807, 2.05) is 25.1 Å². The molecular formula is C22H36ClIN4O2. The number of guanidine groups is 1. The number of carbonyl (C=O) groups excluding carboxylic acids is 1. The van der Waals surface area contributed by atoms with E-state index in [4.69, 9.17) is 16.3 Å². The number of carbonyl (C=O) groups is 1. The molecule has 1 aromatic rings. The van der Waals surface area contributed by atoms with Crippen LogP contribution in [-0.4, -0.2) is 44.7 Å². The first kappa shape index (κ1) is 27.0. The summed E-state index contributed by atoms with van der Waals surface area (Å²) in [5.41, 5.74) is 1.73. The van der Waals surface area contributed by atoms with Crippen LogP contribution in [0.1, 0.15) is 45.6 Å². The zero-order chi connectivity index (χ0) is 21.4. The number of anilines is 1. The Bertz CT molecular complexity index is 722. The summed E-state index contributed by atoms with van der Waals surface area (Å²) >= 11 is 6.10. The van der Waals surface area contributed by atoms with Gasteiger partial charge in [0, 0.05) is 49.8 Å². The first-order chi connectivity index (χ1) is 13.7. The first-order valence-electron chi connectivity index (χ1n) is 10.3. The maximum absolute atomic E-state index is 12.2. The minimum absolute atomic E-state index is 0. The lowest BCUT2D eigenvalue weighted by molar-refractivity contribution is -0.116. The van der Waals surface area contributed by atoms with Gasteiger partial charge in [-0.15, -0.1) is 24.0 Å². The Hall–Kier alpha value is -1.06. The Morgan fingerprint density at radius 3 is 2.70 bits per heavy atom. The molecule has 0 bridgehead atoms. The molecule has 2 unspecified atom stereocenters. The van der Waals surface area contributed by atoms with Crippen LogP contribution in [0.3, 0.4) is 0 Å². The summed E-state index contributed by atoms with van der Waals surface area (Å²) in [5.74, 6) is 1.08. The normalized spacial score (nSPS) is 19.6. The summed E-state index contributed by atoms with van der Waals surface area (Å²) < 4.78 is 6.05. The monoisotopic (exact) mass is 550 g/mol. The number of nitrogens with one attached hydrogen (secondary N) is 3. The largest absolute Gasteiger partial charge is 0.377 e. The van der Waals surface area contributed by atoms with E-state index >= 15 is 0 Å². The molecule has 0 spiro atoms. The van der Waals surface area contributed by atoms with Crippen LogP contribution in [0.4, 0.5) is 5.69 Å². The fourth-order valence-corrected chi connectivity index (χ4v) is 3.88. The summed E-state index contributed by atoms with van der Waals surface area (Å²) in [6.45, 7) is 10.7. The van der Waals surface area contributed by atoms with Crippen molar-refractivity contribution >= 4 is 53.1 Å². The van der Waals surface area contributed by atoms with Crippen LogP contribution in [0, 0.1) is 18.3 Å². The Kier molecular flexibility index (Phi) is 11.4. The molecule has 1 heterocycles. The average Bonchev–Trinajstić information content (AvgIpc) is 2.67. The Balaban J connectivity index is 0.00000450. The summed E-state index contributed by atoms with van der Waals surface area (Å²) in [6.07, 6.45) is 2.80. The topological polar surface area (TPSA) is 74.8 Å². The van der Waals surface area contributed by atoms with Crippen molar-refractivity contribution in [2.75, 3.05) is 32.1 Å². The van der Waals surface area contributed by atoms with E-state index in [0.29, 0.717) is 29.9 Å². The molecule has 1 amide bonds. The second-order valence-corrected chi connectivity index (χ2v) is 9.06. The molecule has 1 aromatic carbocycles. The van der Waals surface area contributed by atoms with Crippen molar-refractivity contribution in [3.05, 3.63) is 28.8 Å². The molecule has 30 heavy (non-hydrogen) atoms. The molecule has 1 fully saturated rings. The molecule has 1 saturated heterocycles. The lowest BCUT2D eigenvalue weighted by atomic mass is 9.78. The SMILES string of the molecule is CN=C(NCCC(=O)Nc1cccc(Cl)c1C)NCC1CCCOC1C(C)(C)C.I. The number of halogens is 2. The van der Waals surface area contributed by atoms with E-state index < -0.39 is 0 Å². The van der Waals surface area contributed by atoms with Gasteiger partial charge in [-0.05, 0) is 42.9 Å². The van der Waals surface area contributed by atoms with Crippen LogP contribution in [-0.2, 0) is 9.53 Å². The van der Waals surface area contributed by atoms with Gasteiger partial charge in [-0.2, -0.15) is 0 Å². The average molecular weight is 551 g/mol. The second-order valence-electron chi connectivity index (χ2n) is 8.65. The van der Waals surface area contributed by atoms with Crippen molar-refractivity contribution in [2.45, 2.75) is 53.1 Å². The van der Waals surface area contributed by atoms with Crippen molar-refractivity contribution in [3.63, 3.8) is 0 Å². The Labute approximate surface area is 203 Å². The fourth-order valence-electron chi connectivity index (χ4n) is 3.71. The maximum atomic E-state index is 12.2. The fraction of sp³-hybridized carbons (Fsp3) is 0.636. The van der Waals surface area contributed by atoms with E-state index in [2.05, 4.69) is 41.7 Å². The third kappa shape index (κ3) is 8.23. The summed E-state index contributed by atoms with van der Waals surface area (Å²) in [4.78, 5) is 16.5. The van der Waals surface area contributed by atoms with Gasteiger partial charge in [-0.3, -0.25) is 9.79 Å². The van der Waals surface area contributed by atoms with Crippen LogP contribution in [0.25, 0.3) is 0 Å². The van der Waals surface area contributed by atoms with E-state index in [0.717, 1.165) is 37.2 Å². The predicted octanol–water partition coefficient (Wildman–Crippen LogP) is 4.60. The number of rotatable bonds is 6. The molecule has 1 aliphatic heterocycles. The predicted molar refractivity (Wildman–Crippen MR) is 136 cm³/mol. The standard InChI is InChI=1S/C22H35ClN4O2.HI/c1-15-17(23)9-6-10-18(15)27-19(28)11-12-25-21(24-5)26-14-16-8-7-13-29-20(16)22(2,3)4;/h6,9-10,16,20H,7-8,11-14H2,1-5H3,(H,27,28)(H2,24,25,26);1H. The zero-order valence-corrected chi connectivity index (χ0v) is 21.8. The number of benzene rings is 1. The van der Waals surface area contributed by atoms with Crippen molar-refractivity contribution < 1.29 is 9.53 Å². The number of hydrogen-bond acceptors (Lipinski definition) is 3. The third-order valence-corrected chi connectivity index (χ3v) is 5.65. The van der Waals surface area contributed by atoms with E-state index in [1.165, 1.54) is 0 Å². The smallest absolute Gasteiger partial charge is 0.226 e. The summed E-state index contributed by atoms with van der Waals surface area (Å²) in [5, 5.41) is 10.2. The molecular weight excluding hydrogens is 515 g/mol. The third-order valence-electron chi connectivity index (χ3n) is 5.24. The molecule has 6 nitrogen and oxygen atoms in total. The van der Waals surface area contributed by atoms with E-state index in [-0.39, 0.29) is 41.4 Å². The van der Waals surface area contributed by atoms with Gasteiger partial charge in [-0.1, -0.05) is 38.4 Å². The van der Waals surface area contributed by atoms with Gasteiger partial charge >= 0.3 is 0 Å². The first-order valence-corrected chi connectivity index (χ1v) is 10.7. The van der Waals surface area contributed by atoms with Gasteiger partial charge in [0.2, 0.25) is 5.91 Å². The number of hydrogen-bond donors (Lipinski definition) is 3. The van der Waals surface area contributed by atoms with Crippen LogP contribution in [0.15, 0.2) is 23.2 Å². The molecule has 2 atom stereocenters. The highest BCUT2D eigenvalue weighted by molar-refractivity contribution is 14.0. The highest BCUT2D eigenvalue weighted by Crippen LogP contribution is 2.33. The number of ether oxygens (including phenoxy) is 1. The summed E-state index contributed by atoms with van der Waals surface area (Å²) in [7, 11) is 1.74. The van der Waals surface area contributed by atoms with Crippen LogP contribution < -0.4 is 16.0 Å². The van der Waals surface area contributed by atoms with Gasteiger partial charge in [0.25, 0.3) is 0 Å². The van der Waals surface area contributed by atoms with Gasteiger partial charge < -0.3 is 20.7 Å². The quantitative estimate of drug-likeness (QED) is 0.275. The van der Waals surface area contributed by atoms with Gasteiger partial charge in [0.1, 0.15) is 0 Å². The molecule has 3 N–H and O–H groups in total. The minimum atomic E-state index is -0.0632. The maximum Gasteiger partial charge on any atom is 0.226 e. The molecule has 1 aliphatic rings. The molecule has 0 radical (unpaired) electrons. The summed E-state index contributed by atoms with van der Waals surface area (Å²) in [6, 6.07) is 5.49. The zero-order valence-electron chi connectivity index (χ0n) is 18.7. The second kappa shape index (κ2) is 12.7. The van der Waals surface area contributed by atoms with Crippen molar-refractivity contribution in [2.24, 2.45) is 16.3 Å². The molecule has 0 aromatic heterocycles. The van der Waals surface area contributed by atoms with E-state index in [1.54, 1.807) is 7.05 Å². The van der Waals surface area contributed by atoms with Crippen molar-refractivity contribution in [1.82, 2.24) is 10.6 Å². The molecule has 170 valence electrons. The molecule has 0 aliphatic carbocycles. The highest BCUT2D eigenvalue weighted by Gasteiger charge is 2.35. The lowest BCUT2D eigenvalue weighted by Gasteiger charge is -2.40.